The number of hydrogen-bond acceptors (Lipinski definition) is 4. The third kappa shape index (κ3) is 4.68. The fourth-order valence-electron chi connectivity index (χ4n) is 4.54. The van der Waals surface area contributed by atoms with Crippen molar-refractivity contribution in [1.82, 2.24) is 0 Å². The zero-order valence-electron chi connectivity index (χ0n) is 20.9. The molecule has 0 spiro atoms. The van der Waals surface area contributed by atoms with Crippen LogP contribution in [0.1, 0.15) is 61.8 Å². The molecule has 0 aromatic carbocycles. The molecule has 8 heteroatoms. The molecule has 4 nitrogen and oxygen atoms in total. The Labute approximate surface area is 195 Å². The molecule has 0 aromatic rings. The molecule has 4 atom stereocenters. The lowest BCUT2D eigenvalue weighted by Crippen LogP contribution is -2.71. The minimum atomic E-state index is -2.91. The van der Waals surface area contributed by atoms with Crippen molar-refractivity contribution in [2.45, 2.75) is 84.0 Å². The van der Waals surface area contributed by atoms with Crippen molar-refractivity contribution in [3.8, 4) is 0 Å². The molecular formula is C23H44O4Si4. The molecule has 0 aromatic heterocycles. The van der Waals surface area contributed by atoms with Gasteiger partial charge < -0.3 is 16.5 Å². The molecule has 1 aliphatic carbocycles. The van der Waals surface area contributed by atoms with Crippen molar-refractivity contribution in [2.75, 3.05) is 0 Å². The molecular weight excluding hydrogens is 453 g/mol. The summed E-state index contributed by atoms with van der Waals surface area (Å²) >= 11 is 0. The van der Waals surface area contributed by atoms with E-state index in [0.29, 0.717) is 17.4 Å². The molecule has 0 amide bonds. The third-order valence-corrected chi connectivity index (χ3v) is 26.1. The van der Waals surface area contributed by atoms with Crippen LogP contribution in [0.4, 0.5) is 0 Å². The first kappa shape index (κ1) is 26.9. The van der Waals surface area contributed by atoms with E-state index >= 15 is 0 Å². The normalized spacial score (nSPS) is 41.2. The van der Waals surface area contributed by atoms with Gasteiger partial charge in [-0.05, 0) is 34.9 Å². The van der Waals surface area contributed by atoms with Gasteiger partial charge in [-0.15, -0.1) is 26.3 Å². The van der Waals surface area contributed by atoms with Crippen LogP contribution in [0.2, 0.25) is 22.2 Å². The monoisotopic (exact) mass is 496 g/mol. The quantitative estimate of drug-likeness (QED) is 0.322. The zero-order chi connectivity index (χ0) is 23.8. The second-order valence-electron chi connectivity index (χ2n) is 10.3. The zero-order valence-corrected chi connectivity index (χ0v) is 24.9. The van der Waals surface area contributed by atoms with Crippen molar-refractivity contribution in [1.29, 1.82) is 0 Å². The standard InChI is InChI=1S/C23H44O4Si4/c1-13-28(19(7)8)24-29(14-2,20(9)10)26-31(16-4,23-17-22(23)18(5)6)27-30(15-3,25-28)21(11)12/h13-16,18-23H,1-4,17H2,5-12H3. The average Bonchev–Trinajstić information content (AvgIpc) is 3.50. The lowest BCUT2D eigenvalue weighted by Gasteiger charge is -2.53. The maximum atomic E-state index is 7.24. The molecule has 0 bridgehead atoms. The van der Waals surface area contributed by atoms with Gasteiger partial charge in [0.1, 0.15) is 0 Å². The molecule has 4 unspecified atom stereocenters. The summed E-state index contributed by atoms with van der Waals surface area (Å²) in [5, 5.41) is 0. The highest BCUT2D eigenvalue weighted by molar-refractivity contribution is 7.00. The summed E-state index contributed by atoms with van der Waals surface area (Å²) in [6, 6.07) is 0. The number of hydrogen-bond donors (Lipinski definition) is 0. The largest absolute Gasteiger partial charge is 0.409 e. The van der Waals surface area contributed by atoms with E-state index in [1.54, 1.807) is 0 Å². The average molecular weight is 497 g/mol. The minimum Gasteiger partial charge on any atom is -0.409 e. The van der Waals surface area contributed by atoms with Crippen LogP contribution < -0.4 is 0 Å². The highest BCUT2D eigenvalue weighted by Crippen LogP contribution is 2.59. The van der Waals surface area contributed by atoms with Gasteiger partial charge in [0.25, 0.3) is 0 Å². The molecule has 0 N–H and O–H groups in total. The van der Waals surface area contributed by atoms with Gasteiger partial charge >= 0.3 is 34.2 Å². The van der Waals surface area contributed by atoms with E-state index in [1.807, 2.05) is 22.8 Å². The topological polar surface area (TPSA) is 36.9 Å². The lowest BCUT2D eigenvalue weighted by molar-refractivity contribution is 0.219. The van der Waals surface area contributed by atoms with Crippen LogP contribution in [-0.4, -0.2) is 34.2 Å². The highest BCUT2D eigenvalue weighted by Gasteiger charge is 2.68. The van der Waals surface area contributed by atoms with Crippen molar-refractivity contribution in [3.63, 3.8) is 0 Å². The third-order valence-electron chi connectivity index (χ3n) is 7.04. The second-order valence-corrected chi connectivity index (χ2v) is 25.2. The van der Waals surface area contributed by atoms with Gasteiger partial charge in [-0.3, -0.25) is 0 Å². The molecule has 2 rings (SSSR count). The van der Waals surface area contributed by atoms with E-state index in [-0.39, 0.29) is 16.6 Å². The van der Waals surface area contributed by atoms with Crippen molar-refractivity contribution in [3.05, 3.63) is 49.1 Å². The SMILES string of the molecule is C=C[Si]1(C(C)C)O[Si](C=C)(C(C)C)O[Si](C=C)(C2CC2C(C)C)O[Si](C=C)(C(C)C)O1. The summed E-state index contributed by atoms with van der Waals surface area (Å²) in [6.45, 7) is 34.3. The summed E-state index contributed by atoms with van der Waals surface area (Å²) in [5.74, 6) is 1.15. The lowest BCUT2D eigenvalue weighted by atomic mass is 10.1. The fraction of sp³-hybridized carbons (Fsp3) is 0.652. The molecule has 2 fully saturated rings. The second kappa shape index (κ2) is 9.50. The van der Waals surface area contributed by atoms with Gasteiger partial charge in [0.05, 0.1) is 0 Å². The van der Waals surface area contributed by atoms with E-state index in [1.165, 1.54) is 0 Å². The van der Waals surface area contributed by atoms with E-state index in [9.17, 15) is 0 Å². The Hall–Kier alpha value is -0.332. The fourth-order valence-corrected chi connectivity index (χ4v) is 27.5. The number of rotatable bonds is 9. The highest BCUT2D eigenvalue weighted by atomic mass is 28.5. The maximum Gasteiger partial charge on any atom is 0.350 e. The van der Waals surface area contributed by atoms with Gasteiger partial charge in [-0.1, -0.05) is 78.2 Å². The van der Waals surface area contributed by atoms with E-state index in [4.69, 9.17) is 16.5 Å². The Morgan fingerprint density at radius 2 is 0.968 bits per heavy atom. The van der Waals surface area contributed by atoms with Crippen LogP contribution in [0.5, 0.6) is 0 Å². The smallest absolute Gasteiger partial charge is 0.350 e. The van der Waals surface area contributed by atoms with Gasteiger partial charge in [-0.2, -0.15) is 0 Å². The van der Waals surface area contributed by atoms with Gasteiger partial charge in [0, 0.05) is 5.54 Å². The summed E-state index contributed by atoms with van der Waals surface area (Å²) < 4.78 is 28.7. The van der Waals surface area contributed by atoms with Crippen LogP contribution >= 0.6 is 0 Å². The molecule has 31 heavy (non-hydrogen) atoms. The molecule has 1 heterocycles. The van der Waals surface area contributed by atoms with Crippen LogP contribution in [0.15, 0.2) is 49.1 Å². The van der Waals surface area contributed by atoms with E-state index in [2.05, 4.69) is 81.7 Å². The molecule has 176 valence electrons. The Bertz CT molecular complexity index is 676. The van der Waals surface area contributed by atoms with Crippen molar-refractivity contribution >= 4 is 34.2 Å². The summed E-state index contributed by atoms with van der Waals surface area (Å²) in [6.07, 6.45) is 1.10. The Morgan fingerprint density at radius 3 is 1.19 bits per heavy atom. The van der Waals surface area contributed by atoms with Crippen LogP contribution in [0.25, 0.3) is 0 Å². The predicted molar refractivity (Wildman–Crippen MR) is 140 cm³/mol. The van der Waals surface area contributed by atoms with E-state index < -0.39 is 34.2 Å². The van der Waals surface area contributed by atoms with Gasteiger partial charge in [0.2, 0.25) is 0 Å². The van der Waals surface area contributed by atoms with Crippen LogP contribution in [0, 0.1) is 11.8 Å². The Kier molecular flexibility index (Phi) is 8.25. The van der Waals surface area contributed by atoms with Crippen LogP contribution in [-0.2, 0) is 16.5 Å². The van der Waals surface area contributed by atoms with Crippen LogP contribution in [0.3, 0.4) is 0 Å². The molecule has 0 radical (unpaired) electrons. The predicted octanol–water partition coefficient (Wildman–Crippen LogP) is 7.01. The summed E-state index contributed by atoms with van der Waals surface area (Å²) in [4.78, 5) is 0. The first-order chi connectivity index (χ1) is 14.3. The minimum absolute atomic E-state index is 0.149. The van der Waals surface area contributed by atoms with Gasteiger partial charge in [0.15, 0.2) is 0 Å². The molecule has 2 aliphatic rings. The first-order valence-corrected chi connectivity index (χ1v) is 19.6. The van der Waals surface area contributed by atoms with Crippen molar-refractivity contribution < 1.29 is 16.5 Å². The molecule has 1 saturated heterocycles. The molecule has 1 aliphatic heterocycles. The summed E-state index contributed by atoms with van der Waals surface area (Å²) in [5.41, 5.74) is 8.60. The Morgan fingerprint density at radius 1 is 0.613 bits per heavy atom. The molecule has 1 saturated carbocycles. The Balaban J connectivity index is 2.77. The summed E-state index contributed by atoms with van der Waals surface area (Å²) in [7, 11) is -11.6. The van der Waals surface area contributed by atoms with Crippen molar-refractivity contribution in [2.24, 2.45) is 11.8 Å². The van der Waals surface area contributed by atoms with Gasteiger partial charge in [-0.25, -0.2) is 0 Å². The first-order valence-electron chi connectivity index (χ1n) is 11.7. The van der Waals surface area contributed by atoms with E-state index in [0.717, 1.165) is 6.42 Å². The maximum absolute atomic E-state index is 7.24.